The summed E-state index contributed by atoms with van der Waals surface area (Å²) in [5.74, 6) is 1.63. The number of aromatic nitrogens is 2. The molecular weight excluding hydrogens is 581 g/mol. The van der Waals surface area contributed by atoms with Crippen LogP contribution in [-0.2, 0) is 19.5 Å². The molecule has 284 valence electrons. The maximum Gasteiger partial charge on any atom is 0.256 e. The van der Waals surface area contributed by atoms with Gasteiger partial charge in [-0.05, 0) is 32.1 Å². The van der Waals surface area contributed by atoms with Crippen LogP contribution in [0.2, 0.25) is 0 Å². The van der Waals surface area contributed by atoms with Crippen LogP contribution in [0.3, 0.4) is 0 Å². The molecule has 1 heterocycles. The van der Waals surface area contributed by atoms with E-state index in [-0.39, 0.29) is 0 Å². The van der Waals surface area contributed by atoms with E-state index in [2.05, 4.69) is 42.3 Å². The quantitative estimate of drug-likeness (QED) is 0.0485. The van der Waals surface area contributed by atoms with E-state index in [0.717, 1.165) is 0 Å². The molecule has 0 bridgehead atoms. The van der Waals surface area contributed by atoms with Crippen LogP contribution in [0.15, 0.2) is 12.4 Å². The van der Waals surface area contributed by atoms with Crippen molar-refractivity contribution in [2.75, 3.05) is 0 Å². The van der Waals surface area contributed by atoms with Crippen molar-refractivity contribution < 1.29 is 4.57 Å². The van der Waals surface area contributed by atoms with Gasteiger partial charge in [0.15, 0.2) is 0 Å². The van der Waals surface area contributed by atoms with E-state index in [1.807, 2.05) is 0 Å². The molecule has 0 spiro atoms. The smallest absolute Gasteiger partial charge is 0.234 e. The molecule has 0 saturated heterocycles. The Morgan fingerprint density at radius 3 is 1.00 bits per heavy atom. The van der Waals surface area contributed by atoms with E-state index in [4.69, 9.17) is 0 Å². The minimum atomic E-state index is 1.23. The lowest BCUT2D eigenvalue weighted by Gasteiger charge is -2.07. The molecule has 48 heavy (non-hydrogen) atoms. The topological polar surface area (TPSA) is 8.81 Å². The maximum atomic E-state index is 2.65. The van der Waals surface area contributed by atoms with E-state index in [9.17, 15) is 0 Å². The van der Waals surface area contributed by atoms with Gasteiger partial charge in [-0.2, -0.15) is 0 Å². The first-order chi connectivity index (χ1) is 23.8. The molecule has 0 aliphatic carbocycles. The second kappa shape index (κ2) is 37.5. The summed E-state index contributed by atoms with van der Waals surface area (Å²) in [7, 11) is 0. The number of rotatable bonds is 40. The molecule has 0 saturated carbocycles. The van der Waals surface area contributed by atoms with Crippen molar-refractivity contribution in [3.8, 4) is 0 Å². The summed E-state index contributed by atoms with van der Waals surface area (Å²) >= 11 is 0. The van der Waals surface area contributed by atoms with Gasteiger partial charge in [0.05, 0.1) is 13.1 Å². The van der Waals surface area contributed by atoms with Gasteiger partial charge in [0, 0.05) is 6.42 Å². The Morgan fingerprint density at radius 1 is 0.354 bits per heavy atom. The second-order valence-corrected chi connectivity index (χ2v) is 15.9. The van der Waals surface area contributed by atoms with Crippen LogP contribution in [0.1, 0.15) is 264 Å². The summed E-state index contributed by atoms with van der Waals surface area (Å²) < 4.78 is 5.28. The van der Waals surface area contributed by atoms with E-state index >= 15 is 0 Å². The lowest BCUT2D eigenvalue weighted by Crippen LogP contribution is -2.37. The molecule has 1 rings (SSSR count). The van der Waals surface area contributed by atoms with Crippen LogP contribution in [0.4, 0.5) is 0 Å². The SMILES string of the molecule is CCCCCCCCCCCCCCCCCCCn1cc[n+](CCCCCCCCC)c1CCCCCCCCCCCCCCC. The van der Waals surface area contributed by atoms with Crippen molar-refractivity contribution in [2.45, 2.75) is 278 Å². The standard InChI is InChI=1S/C46H91N2/c1-4-7-10-13-16-18-20-22-23-24-25-27-29-31-34-37-40-43-48-45-44-47(42-39-36-33-15-12-9-6-3)46(48)41-38-35-32-30-28-26-21-19-17-14-11-8-5-2/h44-45H,4-43H2,1-3H3/q+1. The zero-order valence-electron chi connectivity index (χ0n) is 33.8. The number of hydrogen-bond donors (Lipinski definition) is 0. The molecular formula is C46H91N2+. The van der Waals surface area contributed by atoms with Crippen molar-refractivity contribution in [3.63, 3.8) is 0 Å². The first kappa shape index (κ1) is 45.2. The monoisotopic (exact) mass is 672 g/mol. The highest BCUT2D eigenvalue weighted by atomic mass is 15.1. The van der Waals surface area contributed by atoms with Crippen molar-refractivity contribution in [1.29, 1.82) is 0 Å². The minimum absolute atomic E-state index is 1.23. The number of imidazole rings is 1. The summed E-state index contributed by atoms with van der Waals surface area (Å²) in [6.45, 7) is 9.41. The van der Waals surface area contributed by atoms with Crippen LogP contribution >= 0.6 is 0 Å². The van der Waals surface area contributed by atoms with E-state index in [1.165, 1.54) is 257 Å². The Labute approximate surface area is 304 Å². The summed E-state index contributed by atoms with van der Waals surface area (Å²) in [4.78, 5) is 0. The molecule has 0 fully saturated rings. The fraction of sp³-hybridized carbons (Fsp3) is 0.935. The van der Waals surface area contributed by atoms with E-state index in [1.54, 1.807) is 5.82 Å². The van der Waals surface area contributed by atoms with Gasteiger partial charge in [-0.25, -0.2) is 9.13 Å². The van der Waals surface area contributed by atoms with Crippen molar-refractivity contribution >= 4 is 0 Å². The first-order valence-corrected chi connectivity index (χ1v) is 22.9. The molecule has 0 N–H and O–H groups in total. The van der Waals surface area contributed by atoms with Gasteiger partial charge < -0.3 is 0 Å². The summed E-state index contributed by atoms with van der Waals surface area (Å²) in [5, 5.41) is 0. The number of unbranched alkanes of at least 4 members (excludes halogenated alkanes) is 34. The Morgan fingerprint density at radius 2 is 0.646 bits per heavy atom. The molecule has 1 aromatic heterocycles. The average Bonchev–Trinajstić information content (AvgIpc) is 3.48. The third kappa shape index (κ3) is 29.0. The third-order valence-corrected chi connectivity index (χ3v) is 11.1. The molecule has 2 heteroatoms. The summed E-state index contributed by atoms with van der Waals surface area (Å²) in [6, 6.07) is 0. The van der Waals surface area contributed by atoms with Crippen LogP contribution in [0.5, 0.6) is 0 Å². The van der Waals surface area contributed by atoms with Crippen molar-refractivity contribution in [1.82, 2.24) is 4.57 Å². The van der Waals surface area contributed by atoms with Gasteiger partial charge in [-0.1, -0.05) is 226 Å². The van der Waals surface area contributed by atoms with Gasteiger partial charge in [0.1, 0.15) is 12.4 Å². The Kier molecular flexibility index (Phi) is 35.3. The highest BCUT2D eigenvalue weighted by Gasteiger charge is 2.16. The van der Waals surface area contributed by atoms with Crippen LogP contribution in [0, 0.1) is 0 Å². The molecule has 0 aliphatic rings. The number of hydrogen-bond acceptors (Lipinski definition) is 0. The van der Waals surface area contributed by atoms with E-state index < -0.39 is 0 Å². The number of aryl methyl sites for hydroxylation is 2. The van der Waals surface area contributed by atoms with Gasteiger partial charge in [-0.3, -0.25) is 0 Å². The Hall–Kier alpha value is -0.790. The van der Waals surface area contributed by atoms with Crippen molar-refractivity contribution in [3.05, 3.63) is 18.2 Å². The fourth-order valence-electron chi connectivity index (χ4n) is 7.74. The highest BCUT2D eigenvalue weighted by Crippen LogP contribution is 2.16. The van der Waals surface area contributed by atoms with Crippen molar-refractivity contribution in [2.24, 2.45) is 0 Å². The largest absolute Gasteiger partial charge is 0.256 e. The van der Waals surface area contributed by atoms with Gasteiger partial charge in [0.25, 0.3) is 5.82 Å². The first-order valence-electron chi connectivity index (χ1n) is 22.9. The number of nitrogens with zero attached hydrogens (tertiary/aromatic N) is 2. The minimum Gasteiger partial charge on any atom is -0.234 e. The van der Waals surface area contributed by atoms with Crippen LogP contribution in [-0.4, -0.2) is 4.57 Å². The average molecular weight is 672 g/mol. The van der Waals surface area contributed by atoms with E-state index in [0.29, 0.717) is 0 Å². The summed E-state index contributed by atoms with van der Waals surface area (Å²) in [6.07, 6.45) is 59.3. The normalized spacial score (nSPS) is 11.6. The second-order valence-electron chi connectivity index (χ2n) is 15.9. The Balaban J connectivity index is 2.20. The highest BCUT2D eigenvalue weighted by molar-refractivity contribution is 4.84. The molecule has 0 atom stereocenters. The molecule has 2 nitrogen and oxygen atoms in total. The zero-order chi connectivity index (χ0) is 34.4. The molecule has 0 aliphatic heterocycles. The predicted molar refractivity (Wildman–Crippen MR) is 216 cm³/mol. The fourth-order valence-corrected chi connectivity index (χ4v) is 7.74. The van der Waals surface area contributed by atoms with Crippen LogP contribution < -0.4 is 4.57 Å². The maximum absolute atomic E-state index is 2.65. The zero-order valence-corrected chi connectivity index (χ0v) is 33.8. The third-order valence-electron chi connectivity index (χ3n) is 11.1. The molecule has 0 radical (unpaired) electrons. The Bertz CT molecular complexity index is 736. The molecule has 0 amide bonds. The lowest BCUT2D eigenvalue weighted by molar-refractivity contribution is -0.704. The lowest BCUT2D eigenvalue weighted by atomic mass is 10.0. The summed E-state index contributed by atoms with van der Waals surface area (Å²) in [5.41, 5.74) is 0. The predicted octanol–water partition coefficient (Wildman–Crippen LogP) is 15.8. The van der Waals surface area contributed by atoms with Gasteiger partial charge in [0.2, 0.25) is 0 Å². The van der Waals surface area contributed by atoms with Gasteiger partial charge in [-0.15, -0.1) is 0 Å². The molecule has 0 unspecified atom stereocenters. The van der Waals surface area contributed by atoms with Gasteiger partial charge >= 0.3 is 0 Å². The molecule has 1 aromatic rings. The van der Waals surface area contributed by atoms with Crippen LogP contribution in [0.25, 0.3) is 0 Å². The molecule has 0 aromatic carbocycles.